The van der Waals surface area contributed by atoms with E-state index in [1.807, 2.05) is 19.1 Å². The largest absolute Gasteiger partial charge is 0.394 e. The lowest BCUT2D eigenvalue weighted by atomic mass is 9.29. The SMILES string of the molecule is C[C@@H](O)c1cc(C=O)c2c(c1)=C[C@@H]1[C@@H](C=2)CC[C@@]23CCC4[C@](C)([C@H](O)CO)[C@@H](O)CC[C@]41[C@H]2C(=O)C=C1C2C[C@@]4(C)CCC#C[C@H](O)[C@]2([C@@H](O)C[C@]13C)C1(CCCC1)C4. The summed E-state index contributed by atoms with van der Waals surface area (Å²) in [5.74, 6) is 5.51. The fourth-order valence-electron chi connectivity index (χ4n) is 18.1. The molecule has 6 saturated carbocycles. The van der Waals surface area contributed by atoms with Gasteiger partial charge < -0.3 is 30.6 Å². The van der Waals surface area contributed by atoms with Gasteiger partial charge in [0.05, 0.1) is 31.0 Å². The molecule has 0 amide bonds. The fraction of sp³-hybridized carbons (Fsp3) is 0.725. The van der Waals surface area contributed by atoms with E-state index in [4.69, 9.17) is 0 Å². The Morgan fingerprint density at radius 3 is 2.37 bits per heavy atom. The van der Waals surface area contributed by atoms with Gasteiger partial charge >= 0.3 is 0 Å². The average Bonchev–Trinajstić information content (AvgIpc) is 3.67. The molecule has 0 heterocycles. The minimum atomic E-state index is -1.20. The third-order valence-electron chi connectivity index (χ3n) is 20.4. The van der Waals surface area contributed by atoms with E-state index in [1.54, 1.807) is 13.0 Å². The number of hydrogen-bond acceptors (Lipinski definition) is 8. The van der Waals surface area contributed by atoms with Gasteiger partial charge in [-0.1, -0.05) is 57.3 Å². The first kappa shape index (κ1) is 40.4. The highest BCUT2D eigenvalue weighted by Crippen LogP contribution is 2.82. The molecule has 10 aliphatic rings. The van der Waals surface area contributed by atoms with Gasteiger partial charge in [0.25, 0.3) is 0 Å². The van der Waals surface area contributed by atoms with Crippen LogP contribution >= 0.6 is 0 Å². The Morgan fingerprint density at radius 2 is 1.66 bits per heavy atom. The van der Waals surface area contributed by atoms with Crippen molar-refractivity contribution in [2.45, 2.75) is 155 Å². The highest BCUT2D eigenvalue weighted by atomic mass is 16.3. The Balaban J connectivity index is 1.23. The van der Waals surface area contributed by atoms with E-state index >= 15 is 4.79 Å². The maximum Gasteiger partial charge on any atom is 0.159 e. The third kappa shape index (κ3) is 4.85. The monoisotopic (exact) mass is 806 g/mol. The lowest BCUT2D eigenvalue weighted by Crippen LogP contribution is -2.74. The first-order valence-corrected chi connectivity index (χ1v) is 23.1. The predicted molar refractivity (Wildman–Crippen MR) is 223 cm³/mol. The number of allylic oxidation sites excluding steroid dienone is 2. The van der Waals surface area contributed by atoms with Gasteiger partial charge in [0, 0.05) is 28.7 Å². The van der Waals surface area contributed by atoms with Crippen molar-refractivity contribution in [3.8, 4) is 11.8 Å². The Hall–Kier alpha value is -2.64. The van der Waals surface area contributed by atoms with Crippen LogP contribution in [-0.4, -0.2) is 73.7 Å². The highest BCUT2D eigenvalue weighted by molar-refractivity contribution is 5.96. The predicted octanol–water partition coefficient (Wildman–Crippen LogP) is 5.07. The molecular weight excluding hydrogens is 741 g/mol. The van der Waals surface area contributed by atoms with Gasteiger partial charge in [-0.25, -0.2) is 0 Å². The summed E-state index contributed by atoms with van der Waals surface area (Å²) in [6, 6.07) is 3.76. The van der Waals surface area contributed by atoms with Crippen LogP contribution in [0.4, 0.5) is 0 Å². The number of aliphatic hydroxyl groups excluding tert-OH is 6. The molecule has 4 bridgehead atoms. The summed E-state index contributed by atoms with van der Waals surface area (Å²) in [6.45, 7) is 7.87. The number of aliphatic hydroxyl groups is 6. The van der Waals surface area contributed by atoms with Gasteiger partial charge in [-0.05, 0) is 169 Å². The number of rotatable bonds is 4. The maximum absolute atomic E-state index is 16.1. The molecule has 0 aliphatic heterocycles. The summed E-state index contributed by atoms with van der Waals surface area (Å²) in [5.41, 5.74) is -1.89. The van der Waals surface area contributed by atoms with Crippen LogP contribution in [0, 0.1) is 79.3 Å². The third-order valence-corrected chi connectivity index (χ3v) is 20.4. The first-order valence-electron chi connectivity index (χ1n) is 23.1. The van der Waals surface area contributed by atoms with Gasteiger partial charge in [0.1, 0.15) is 6.10 Å². The maximum atomic E-state index is 16.1. The van der Waals surface area contributed by atoms with Gasteiger partial charge in [0.15, 0.2) is 12.1 Å². The van der Waals surface area contributed by atoms with Crippen LogP contribution in [0.1, 0.15) is 146 Å². The average molecular weight is 807 g/mol. The van der Waals surface area contributed by atoms with Crippen LogP contribution in [0.15, 0.2) is 23.8 Å². The molecule has 16 atom stereocenters. The molecule has 3 spiro atoms. The molecule has 1 aromatic carbocycles. The minimum absolute atomic E-state index is 0.0502. The molecule has 0 aromatic heterocycles. The molecule has 59 heavy (non-hydrogen) atoms. The molecular formula is C51H66O8. The van der Waals surface area contributed by atoms with Crippen molar-refractivity contribution >= 4 is 24.2 Å². The first-order chi connectivity index (χ1) is 28.0. The van der Waals surface area contributed by atoms with E-state index in [2.05, 4.69) is 37.8 Å². The van der Waals surface area contributed by atoms with Crippen LogP contribution in [0.25, 0.3) is 12.2 Å². The topological polar surface area (TPSA) is 156 Å². The molecule has 2 unspecified atom stereocenters. The summed E-state index contributed by atoms with van der Waals surface area (Å²) >= 11 is 0. The zero-order valence-electron chi connectivity index (χ0n) is 35.6. The second kappa shape index (κ2) is 13.2. The van der Waals surface area contributed by atoms with E-state index in [0.717, 1.165) is 80.1 Å². The van der Waals surface area contributed by atoms with Crippen molar-refractivity contribution < 1.29 is 40.2 Å². The van der Waals surface area contributed by atoms with Crippen molar-refractivity contribution in [3.05, 3.63) is 45.3 Å². The van der Waals surface area contributed by atoms with Crippen molar-refractivity contribution in [2.75, 3.05) is 6.61 Å². The summed E-state index contributed by atoms with van der Waals surface area (Å²) in [6.07, 6.45) is 14.3. The van der Waals surface area contributed by atoms with Gasteiger partial charge in [-0.3, -0.25) is 9.59 Å². The fourth-order valence-corrected chi connectivity index (χ4v) is 18.1. The Labute approximate surface area is 349 Å². The zero-order chi connectivity index (χ0) is 41.7. The van der Waals surface area contributed by atoms with E-state index in [9.17, 15) is 35.4 Å². The van der Waals surface area contributed by atoms with Gasteiger partial charge in [0.2, 0.25) is 0 Å². The molecule has 11 rings (SSSR count). The highest BCUT2D eigenvalue weighted by Gasteiger charge is 2.79. The van der Waals surface area contributed by atoms with Gasteiger partial charge in [-0.2, -0.15) is 0 Å². The smallest absolute Gasteiger partial charge is 0.159 e. The second-order valence-electron chi connectivity index (χ2n) is 22.3. The van der Waals surface area contributed by atoms with Crippen LogP contribution in [0.2, 0.25) is 0 Å². The summed E-state index contributed by atoms with van der Waals surface area (Å²) < 4.78 is 0. The van der Waals surface area contributed by atoms with Crippen molar-refractivity contribution in [1.82, 2.24) is 0 Å². The molecule has 8 nitrogen and oxygen atoms in total. The van der Waals surface area contributed by atoms with Gasteiger partial charge in [-0.15, -0.1) is 5.92 Å². The van der Waals surface area contributed by atoms with Crippen LogP contribution in [0.3, 0.4) is 0 Å². The summed E-state index contributed by atoms with van der Waals surface area (Å²) in [7, 11) is 0. The van der Waals surface area contributed by atoms with Crippen molar-refractivity contribution in [2.24, 2.45) is 67.5 Å². The second-order valence-corrected chi connectivity index (χ2v) is 22.3. The lowest BCUT2D eigenvalue weighted by Gasteiger charge is -2.75. The number of hydrogen-bond donors (Lipinski definition) is 6. The molecule has 1 aromatic rings. The van der Waals surface area contributed by atoms with E-state index < -0.39 is 70.1 Å². The number of fused-ring (bicyclic) bond motifs is 6. The van der Waals surface area contributed by atoms with Crippen LogP contribution < -0.4 is 10.4 Å². The van der Waals surface area contributed by atoms with Crippen molar-refractivity contribution in [3.63, 3.8) is 0 Å². The van der Waals surface area contributed by atoms with E-state index in [-0.39, 0.29) is 40.3 Å². The number of ketones is 1. The molecule has 6 fully saturated rings. The molecule has 0 saturated heterocycles. The normalized spacial score (nSPS) is 48.4. The van der Waals surface area contributed by atoms with E-state index in [0.29, 0.717) is 49.7 Å². The quantitative estimate of drug-likeness (QED) is 0.182. The number of carbonyl (C=O) groups is 2. The standard InChI is InChI=1S/C51H66O8/c1-29(54)31-19-32-22-35-30(21-34(32)33(20-31)26-52)10-16-49-17-11-39-47(4,43(59)27-53)40(56)12-18-50(35,39)44(49)38(55)23-36-37-24-45(2)13-6-5-9-41(57)51(37,42(58)25-46(36,49)3)48(28-45)14-7-8-15-48/h19-23,26,29-30,35,37,39-44,53-54,56-59H,6-8,10-18,24-25,27-28H2,1-4H3/t29-,30-,35-,37?,39?,40+,41+,42+,43-,44+,45-,46-,47+,49-,50-,51-/m1/s1. The van der Waals surface area contributed by atoms with E-state index in [1.165, 1.54) is 0 Å². The minimum Gasteiger partial charge on any atom is -0.394 e. The Morgan fingerprint density at radius 1 is 0.915 bits per heavy atom. The Kier molecular flexibility index (Phi) is 9.04. The summed E-state index contributed by atoms with van der Waals surface area (Å²) in [4.78, 5) is 28.8. The zero-order valence-corrected chi connectivity index (χ0v) is 35.6. The molecule has 0 radical (unpaired) electrons. The molecule has 6 N–H and O–H groups in total. The van der Waals surface area contributed by atoms with Crippen LogP contribution in [0.5, 0.6) is 0 Å². The molecule has 10 aliphatic carbocycles. The summed E-state index contributed by atoms with van der Waals surface area (Å²) in [5, 5.41) is 72.7. The lowest BCUT2D eigenvalue weighted by molar-refractivity contribution is -0.266. The number of aldehydes is 1. The molecule has 318 valence electrons. The Bertz CT molecular complexity index is 2190. The number of carbonyl (C=O) groups excluding carboxylic acids is 2. The van der Waals surface area contributed by atoms with Crippen LogP contribution in [-0.2, 0) is 4.79 Å². The molecule has 8 heteroatoms. The number of benzene rings is 1. The van der Waals surface area contributed by atoms with Crippen molar-refractivity contribution in [1.29, 1.82) is 0 Å².